The standard InChI is InChI=1S/C9H16/c1-3-9(2)7-4-5-8(9)6-7/h7-8H,3-6H2,1-2H3. The zero-order chi connectivity index (χ0) is 6.48. The maximum Gasteiger partial charge on any atom is -0.0272 e. The Morgan fingerprint density at radius 2 is 1.89 bits per heavy atom. The number of rotatable bonds is 1. The van der Waals surface area contributed by atoms with Crippen molar-refractivity contribution in [2.75, 3.05) is 0 Å². The molecule has 2 bridgehead atoms. The van der Waals surface area contributed by atoms with E-state index in [-0.39, 0.29) is 0 Å². The third kappa shape index (κ3) is 0.500. The lowest BCUT2D eigenvalue weighted by molar-refractivity contribution is 0.0263. The van der Waals surface area contributed by atoms with Crippen LogP contribution in [-0.2, 0) is 0 Å². The lowest BCUT2D eigenvalue weighted by atomic mass is 9.58. The van der Waals surface area contributed by atoms with E-state index in [1.165, 1.54) is 19.3 Å². The van der Waals surface area contributed by atoms with Gasteiger partial charge in [-0.2, -0.15) is 0 Å². The molecule has 3 saturated carbocycles. The van der Waals surface area contributed by atoms with Crippen LogP contribution in [-0.4, -0.2) is 0 Å². The SMILES string of the molecule is CCC1(C)C2CCC1C2. The molecule has 0 heterocycles. The highest BCUT2D eigenvalue weighted by Gasteiger charge is 2.54. The van der Waals surface area contributed by atoms with Gasteiger partial charge in [0.1, 0.15) is 0 Å². The van der Waals surface area contributed by atoms with Crippen LogP contribution in [0.25, 0.3) is 0 Å². The number of fused-ring (bicyclic) bond motifs is 1. The molecule has 52 valence electrons. The molecule has 0 radical (unpaired) electrons. The molecule has 0 nitrogen and oxygen atoms in total. The summed E-state index contributed by atoms with van der Waals surface area (Å²) in [7, 11) is 0. The molecular weight excluding hydrogens is 108 g/mol. The molecule has 0 aromatic carbocycles. The predicted molar refractivity (Wildman–Crippen MR) is 39.2 cm³/mol. The van der Waals surface area contributed by atoms with Crippen LogP contribution in [0, 0.1) is 17.3 Å². The molecule has 3 aliphatic carbocycles. The third-order valence-corrected chi connectivity index (χ3v) is 4.06. The van der Waals surface area contributed by atoms with Gasteiger partial charge in [0.25, 0.3) is 0 Å². The molecule has 0 spiro atoms. The summed E-state index contributed by atoms with van der Waals surface area (Å²) in [5.41, 5.74) is 0.792. The Labute approximate surface area is 57.6 Å². The fourth-order valence-corrected chi connectivity index (χ4v) is 2.93. The maximum atomic E-state index is 2.48. The molecule has 0 aromatic heterocycles. The van der Waals surface area contributed by atoms with Crippen molar-refractivity contribution in [2.45, 2.75) is 39.5 Å². The summed E-state index contributed by atoms with van der Waals surface area (Å²) >= 11 is 0. The van der Waals surface area contributed by atoms with Crippen LogP contribution < -0.4 is 0 Å². The summed E-state index contributed by atoms with van der Waals surface area (Å²) in [6, 6.07) is 0. The van der Waals surface area contributed by atoms with Gasteiger partial charge in [-0.1, -0.05) is 20.3 Å². The van der Waals surface area contributed by atoms with E-state index in [0.717, 1.165) is 17.3 Å². The molecule has 2 atom stereocenters. The first-order valence-electron chi connectivity index (χ1n) is 4.27. The van der Waals surface area contributed by atoms with E-state index < -0.39 is 0 Å². The first-order chi connectivity index (χ1) is 4.27. The Hall–Kier alpha value is 0. The van der Waals surface area contributed by atoms with E-state index in [0.29, 0.717) is 0 Å². The summed E-state index contributed by atoms with van der Waals surface area (Å²) < 4.78 is 0. The van der Waals surface area contributed by atoms with Gasteiger partial charge in [-0.3, -0.25) is 0 Å². The minimum atomic E-state index is 0.792. The van der Waals surface area contributed by atoms with Gasteiger partial charge in [0.2, 0.25) is 0 Å². The van der Waals surface area contributed by atoms with Crippen molar-refractivity contribution < 1.29 is 0 Å². The zero-order valence-corrected chi connectivity index (χ0v) is 6.48. The maximum absolute atomic E-state index is 2.48. The molecule has 3 rings (SSSR count). The first kappa shape index (κ1) is 5.76. The van der Waals surface area contributed by atoms with Crippen LogP contribution in [0.4, 0.5) is 0 Å². The Kier molecular flexibility index (Phi) is 0.980. The minimum Gasteiger partial charge on any atom is -0.0648 e. The molecule has 3 aliphatic rings. The van der Waals surface area contributed by atoms with Gasteiger partial charge in [-0.05, 0) is 36.5 Å². The second-order valence-electron chi connectivity index (χ2n) is 4.07. The molecule has 0 heteroatoms. The largest absolute Gasteiger partial charge is 0.0648 e. The van der Waals surface area contributed by atoms with Crippen LogP contribution in [0.5, 0.6) is 0 Å². The molecule has 0 aliphatic heterocycles. The Morgan fingerprint density at radius 1 is 1.33 bits per heavy atom. The molecule has 0 aromatic rings. The van der Waals surface area contributed by atoms with Gasteiger partial charge < -0.3 is 0 Å². The van der Waals surface area contributed by atoms with Gasteiger partial charge in [-0.15, -0.1) is 0 Å². The van der Waals surface area contributed by atoms with Crippen LogP contribution >= 0.6 is 0 Å². The Bertz CT molecular complexity index is 112. The molecule has 3 fully saturated rings. The molecule has 0 amide bonds. The van der Waals surface area contributed by atoms with Crippen LogP contribution in [0.1, 0.15) is 39.5 Å². The topological polar surface area (TPSA) is 0 Å². The van der Waals surface area contributed by atoms with Gasteiger partial charge >= 0.3 is 0 Å². The van der Waals surface area contributed by atoms with E-state index in [1.54, 1.807) is 6.42 Å². The van der Waals surface area contributed by atoms with Crippen molar-refractivity contribution in [3.8, 4) is 0 Å². The quantitative estimate of drug-likeness (QED) is 0.504. The van der Waals surface area contributed by atoms with Gasteiger partial charge in [0.05, 0.1) is 0 Å². The molecule has 9 heavy (non-hydrogen) atoms. The van der Waals surface area contributed by atoms with Crippen molar-refractivity contribution in [3.63, 3.8) is 0 Å². The second kappa shape index (κ2) is 1.53. The minimum absolute atomic E-state index is 0.792. The predicted octanol–water partition coefficient (Wildman–Crippen LogP) is 2.83. The van der Waals surface area contributed by atoms with Crippen molar-refractivity contribution in [1.29, 1.82) is 0 Å². The summed E-state index contributed by atoms with van der Waals surface area (Å²) in [6.07, 6.45) is 6.05. The average Bonchev–Trinajstić information content (AvgIpc) is 2.42. The van der Waals surface area contributed by atoms with Gasteiger partial charge in [0.15, 0.2) is 0 Å². The lowest BCUT2D eigenvalue weighted by Crippen LogP contribution is -2.39. The third-order valence-electron chi connectivity index (χ3n) is 4.06. The highest BCUT2D eigenvalue weighted by molar-refractivity contribution is 5.04. The summed E-state index contributed by atoms with van der Waals surface area (Å²) in [5, 5.41) is 0. The van der Waals surface area contributed by atoms with Gasteiger partial charge in [0, 0.05) is 0 Å². The highest BCUT2D eigenvalue weighted by Crippen LogP contribution is 2.63. The van der Waals surface area contributed by atoms with E-state index in [1.807, 2.05) is 0 Å². The average molecular weight is 124 g/mol. The zero-order valence-electron chi connectivity index (χ0n) is 6.48. The molecule has 0 saturated heterocycles. The van der Waals surface area contributed by atoms with Crippen LogP contribution in [0.15, 0.2) is 0 Å². The normalized spacial score (nSPS) is 55.3. The lowest BCUT2D eigenvalue weighted by Gasteiger charge is -2.47. The highest BCUT2D eigenvalue weighted by atomic mass is 14.6. The van der Waals surface area contributed by atoms with Gasteiger partial charge in [-0.25, -0.2) is 0 Å². The Balaban J connectivity index is 2.16. The second-order valence-corrected chi connectivity index (χ2v) is 4.07. The monoisotopic (exact) mass is 124 g/mol. The fourth-order valence-electron chi connectivity index (χ4n) is 2.93. The van der Waals surface area contributed by atoms with Crippen molar-refractivity contribution >= 4 is 0 Å². The number of hydrogen-bond acceptors (Lipinski definition) is 0. The number of hydrogen-bond donors (Lipinski definition) is 0. The van der Waals surface area contributed by atoms with E-state index in [9.17, 15) is 0 Å². The van der Waals surface area contributed by atoms with Crippen LogP contribution in [0.3, 0.4) is 0 Å². The smallest absolute Gasteiger partial charge is 0.0272 e. The van der Waals surface area contributed by atoms with Crippen molar-refractivity contribution in [2.24, 2.45) is 17.3 Å². The summed E-state index contributed by atoms with van der Waals surface area (Å²) in [4.78, 5) is 0. The summed E-state index contributed by atoms with van der Waals surface area (Å²) in [6.45, 7) is 4.84. The van der Waals surface area contributed by atoms with E-state index in [2.05, 4.69) is 13.8 Å². The van der Waals surface area contributed by atoms with E-state index >= 15 is 0 Å². The summed E-state index contributed by atoms with van der Waals surface area (Å²) in [5.74, 6) is 2.24. The van der Waals surface area contributed by atoms with Crippen molar-refractivity contribution in [1.82, 2.24) is 0 Å². The van der Waals surface area contributed by atoms with Crippen LogP contribution in [0.2, 0.25) is 0 Å². The molecule has 0 N–H and O–H groups in total. The van der Waals surface area contributed by atoms with E-state index in [4.69, 9.17) is 0 Å². The first-order valence-corrected chi connectivity index (χ1v) is 4.27. The van der Waals surface area contributed by atoms with Crippen molar-refractivity contribution in [3.05, 3.63) is 0 Å². The Morgan fingerprint density at radius 3 is 2.11 bits per heavy atom. The fraction of sp³-hybridized carbons (Fsp3) is 1.00. The molecular formula is C9H16. The molecule has 2 unspecified atom stereocenters.